The maximum Gasteiger partial charge on any atom is 0.0496 e. The van der Waals surface area contributed by atoms with Crippen LogP contribution in [0.1, 0.15) is 91.3 Å². The van der Waals surface area contributed by atoms with Crippen molar-refractivity contribution in [3.8, 4) is 33.4 Å². The Bertz CT molecular complexity index is 3460. The van der Waals surface area contributed by atoms with Crippen molar-refractivity contribution >= 4 is 34.1 Å². The van der Waals surface area contributed by atoms with Gasteiger partial charge in [-0.2, -0.15) is 0 Å². The molecule has 4 fully saturated rings. The van der Waals surface area contributed by atoms with Crippen LogP contribution in [0.25, 0.3) is 33.4 Å². The molecular weight excluding hydrogens is 881 g/mol. The van der Waals surface area contributed by atoms with E-state index in [9.17, 15) is 0 Å². The fraction of sp³-hybridized carbons (Fsp3) is 0.239. The van der Waals surface area contributed by atoms with Gasteiger partial charge in [-0.05, 0) is 220 Å². The molecule has 2 nitrogen and oxygen atoms in total. The SMILES string of the molecule is CC1(C)c2cc(N(c3ccc(-c4ccccc4)cc3)c3cc4ccc3CCc3ccc(c(N(c5ccccc5)c5ccc(C67CC8CC(CC(C8)C6)C7)cc5)c3)CC4)ccc2-c2c(-c3ccccc3)cccc21. The molecule has 9 aliphatic carbocycles. The molecule has 358 valence electrons. The molecule has 73 heavy (non-hydrogen) atoms. The number of hydrogen-bond acceptors (Lipinski definition) is 2. The second-order valence-corrected chi connectivity index (χ2v) is 23.0. The Labute approximate surface area is 433 Å². The molecule has 4 saturated carbocycles. The lowest BCUT2D eigenvalue weighted by molar-refractivity contribution is -0.00518. The Kier molecular flexibility index (Phi) is 10.7. The van der Waals surface area contributed by atoms with Crippen LogP contribution in [0.2, 0.25) is 0 Å². The zero-order chi connectivity index (χ0) is 48.7. The van der Waals surface area contributed by atoms with E-state index in [2.05, 4.69) is 236 Å². The van der Waals surface area contributed by atoms with Gasteiger partial charge < -0.3 is 9.80 Å². The van der Waals surface area contributed by atoms with Crippen LogP contribution in [0.15, 0.2) is 212 Å². The molecule has 9 aromatic rings. The molecule has 0 unspecified atom stereocenters. The zero-order valence-corrected chi connectivity index (χ0v) is 42.4. The first-order valence-electron chi connectivity index (χ1n) is 27.3. The minimum atomic E-state index is -0.177. The maximum atomic E-state index is 2.56. The molecule has 0 saturated heterocycles. The highest BCUT2D eigenvalue weighted by atomic mass is 15.2. The Balaban J connectivity index is 0.843. The van der Waals surface area contributed by atoms with Crippen LogP contribution in [0.3, 0.4) is 0 Å². The van der Waals surface area contributed by atoms with Crippen molar-refractivity contribution in [3.05, 3.63) is 251 Å². The van der Waals surface area contributed by atoms with Crippen LogP contribution in [-0.2, 0) is 36.5 Å². The molecular formula is C71H64N2. The van der Waals surface area contributed by atoms with Crippen LogP contribution in [0.4, 0.5) is 34.1 Å². The van der Waals surface area contributed by atoms with Gasteiger partial charge in [-0.3, -0.25) is 0 Å². The molecule has 9 aromatic carbocycles. The predicted molar refractivity (Wildman–Crippen MR) is 305 cm³/mol. The van der Waals surface area contributed by atoms with Crippen LogP contribution >= 0.6 is 0 Å². The van der Waals surface area contributed by atoms with E-state index >= 15 is 0 Å². The summed E-state index contributed by atoms with van der Waals surface area (Å²) >= 11 is 0. The molecule has 18 rings (SSSR count). The van der Waals surface area contributed by atoms with Gasteiger partial charge in [0.1, 0.15) is 0 Å². The minimum absolute atomic E-state index is 0.177. The molecule has 9 aliphatic rings. The highest BCUT2D eigenvalue weighted by Crippen LogP contribution is 2.61. The Morgan fingerprint density at radius 1 is 0.370 bits per heavy atom. The molecule has 0 aliphatic heterocycles. The van der Waals surface area contributed by atoms with Crippen molar-refractivity contribution in [2.45, 2.75) is 88.9 Å². The summed E-state index contributed by atoms with van der Waals surface area (Å²) in [6, 6.07) is 81.0. The number of fused-ring (bicyclic) bond motifs is 3. The van der Waals surface area contributed by atoms with Crippen molar-refractivity contribution < 1.29 is 0 Å². The third kappa shape index (κ3) is 7.76. The smallest absolute Gasteiger partial charge is 0.0496 e. The standard InChI is InChI=1S/C71H64N2/c1-70(2)65-20-12-19-63(55-15-8-4-9-16-55)69(65)64-38-37-62(44-66(64)70)73(60-33-29-54(30-34-60)53-13-6-3-7-14-53)68-43-49-22-26-56-25-21-48(23-27-57(68)28-24-49)42-67(56)72(59-17-10-5-11-18-59)61-35-31-58(32-36-61)71-45-50-39-51(46-71)41-52(40-50)47-71/h3-21,24-25,28-38,42-44,50-52H,22-23,26-27,39-41,45-47H2,1-2H3. The summed E-state index contributed by atoms with van der Waals surface area (Å²) in [6.45, 7) is 4.83. The van der Waals surface area contributed by atoms with Crippen molar-refractivity contribution in [1.82, 2.24) is 0 Å². The summed E-state index contributed by atoms with van der Waals surface area (Å²) in [4.78, 5) is 5.12. The molecule has 0 atom stereocenters. The van der Waals surface area contributed by atoms with Gasteiger partial charge in [-0.15, -0.1) is 0 Å². The number of aryl methyl sites for hydroxylation is 4. The van der Waals surface area contributed by atoms with E-state index in [1.807, 2.05) is 0 Å². The quantitative estimate of drug-likeness (QED) is 0.142. The van der Waals surface area contributed by atoms with E-state index in [1.54, 1.807) is 5.56 Å². The second-order valence-electron chi connectivity index (χ2n) is 23.0. The Morgan fingerprint density at radius 3 is 1.45 bits per heavy atom. The first-order valence-corrected chi connectivity index (χ1v) is 27.3. The van der Waals surface area contributed by atoms with Crippen molar-refractivity contribution in [2.24, 2.45) is 17.8 Å². The summed E-state index contributed by atoms with van der Waals surface area (Å²) in [6.07, 6.45) is 12.3. The molecule has 0 radical (unpaired) electrons. The number of anilines is 6. The number of hydrogen-bond donors (Lipinski definition) is 0. The normalized spacial score (nSPS) is 20.8. The first kappa shape index (κ1) is 44.3. The van der Waals surface area contributed by atoms with Crippen molar-refractivity contribution in [1.29, 1.82) is 0 Å². The van der Waals surface area contributed by atoms with E-state index in [-0.39, 0.29) is 5.41 Å². The molecule has 0 heterocycles. The minimum Gasteiger partial charge on any atom is -0.310 e. The summed E-state index contributed by atoms with van der Waals surface area (Å²) in [5, 5.41) is 0. The average molecular weight is 945 g/mol. The highest BCUT2D eigenvalue weighted by Gasteiger charge is 2.51. The zero-order valence-electron chi connectivity index (χ0n) is 42.4. The second kappa shape index (κ2) is 17.7. The number of para-hydroxylation sites is 1. The van der Waals surface area contributed by atoms with Gasteiger partial charge in [0.15, 0.2) is 0 Å². The Morgan fingerprint density at radius 2 is 0.863 bits per heavy atom. The fourth-order valence-corrected chi connectivity index (χ4v) is 15.0. The lowest BCUT2D eigenvalue weighted by Gasteiger charge is -2.57. The third-order valence-electron chi connectivity index (χ3n) is 18.2. The van der Waals surface area contributed by atoms with Gasteiger partial charge in [0.2, 0.25) is 0 Å². The average Bonchev–Trinajstić information content (AvgIpc) is 3.65. The van der Waals surface area contributed by atoms with Crippen LogP contribution < -0.4 is 9.80 Å². The molecule has 2 heteroatoms. The van der Waals surface area contributed by atoms with Gasteiger partial charge in [0.05, 0.1) is 0 Å². The number of rotatable bonds is 9. The van der Waals surface area contributed by atoms with Crippen molar-refractivity contribution in [2.75, 3.05) is 9.80 Å². The molecule has 0 spiro atoms. The molecule has 0 N–H and O–H groups in total. The third-order valence-corrected chi connectivity index (χ3v) is 18.2. The van der Waals surface area contributed by atoms with Crippen LogP contribution in [0, 0.1) is 17.8 Å². The lowest BCUT2D eigenvalue weighted by Crippen LogP contribution is -2.48. The number of nitrogens with zero attached hydrogens (tertiary/aromatic N) is 2. The first-order chi connectivity index (χ1) is 35.8. The van der Waals surface area contributed by atoms with Gasteiger partial charge >= 0.3 is 0 Å². The topological polar surface area (TPSA) is 6.48 Å². The molecule has 0 amide bonds. The summed E-state index contributed by atoms with van der Waals surface area (Å²) < 4.78 is 0. The van der Waals surface area contributed by atoms with Gasteiger partial charge in [-0.25, -0.2) is 0 Å². The largest absolute Gasteiger partial charge is 0.310 e. The van der Waals surface area contributed by atoms with Gasteiger partial charge in [0, 0.05) is 39.5 Å². The fourth-order valence-electron chi connectivity index (χ4n) is 15.0. The maximum absolute atomic E-state index is 2.56. The van der Waals surface area contributed by atoms with E-state index in [0.29, 0.717) is 5.41 Å². The van der Waals surface area contributed by atoms with Crippen LogP contribution in [0.5, 0.6) is 0 Å². The van der Waals surface area contributed by atoms with Gasteiger partial charge in [-0.1, -0.05) is 166 Å². The molecule has 0 aromatic heterocycles. The van der Waals surface area contributed by atoms with E-state index < -0.39 is 0 Å². The predicted octanol–water partition coefficient (Wildman–Crippen LogP) is 18.6. The monoisotopic (exact) mass is 945 g/mol. The van der Waals surface area contributed by atoms with E-state index in [4.69, 9.17) is 0 Å². The summed E-state index contributed by atoms with van der Waals surface area (Å²) in [5.74, 6) is 2.80. The molecule has 8 bridgehead atoms. The van der Waals surface area contributed by atoms with Crippen molar-refractivity contribution in [3.63, 3.8) is 0 Å². The van der Waals surface area contributed by atoms with E-state index in [0.717, 1.165) is 43.4 Å². The Hall–Kier alpha value is -7.42. The number of benzene rings is 9. The lowest BCUT2D eigenvalue weighted by atomic mass is 9.48. The van der Waals surface area contributed by atoms with E-state index in [1.165, 1.54) is 139 Å². The highest BCUT2D eigenvalue weighted by molar-refractivity contribution is 5.94. The summed E-state index contributed by atoms with van der Waals surface area (Å²) in [5.41, 5.74) is 25.1. The summed E-state index contributed by atoms with van der Waals surface area (Å²) in [7, 11) is 0. The van der Waals surface area contributed by atoms with Gasteiger partial charge in [0.25, 0.3) is 0 Å². The van der Waals surface area contributed by atoms with Crippen LogP contribution in [-0.4, -0.2) is 0 Å².